The van der Waals surface area contributed by atoms with Crippen LogP contribution in [0, 0.1) is 6.92 Å². The van der Waals surface area contributed by atoms with Crippen molar-refractivity contribution in [1.29, 1.82) is 0 Å². The molecule has 0 atom stereocenters. The fourth-order valence-corrected chi connectivity index (χ4v) is 3.15. The fourth-order valence-electron chi connectivity index (χ4n) is 3.15. The maximum Gasteiger partial charge on any atom is 0.271 e. The Kier molecular flexibility index (Phi) is 5.39. The largest absolute Gasteiger partial charge is 0.361 e. The maximum atomic E-state index is 12.4. The minimum atomic E-state index is -0.363. The number of carbonyl (C=O) groups excluding carboxylic acids is 2. The number of H-pyrrole nitrogens is 1. The van der Waals surface area contributed by atoms with Crippen LogP contribution in [0.4, 0.5) is 5.69 Å². The number of fused-ring (bicyclic) bond motifs is 1. The van der Waals surface area contributed by atoms with Crippen LogP contribution in [-0.4, -0.2) is 23.0 Å². The van der Waals surface area contributed by atoms with Gasteiger partial charge >= 0.3 is 0 Å². The summed E-state index contributed by atoms with van der Waals surface area (Å²) >= 11 is 0. The highest BCUT2D eigenvalue weighted by Gasteiger charge is 2.09. The van der Waals surface area contributed by atoms with Gasteiger partial charge in [0.25, 0.3) is 11.8 Å². The van der Waals surface area contributed by atoms with Crippen LogP contribution in [0.5, 0.6) is 0 Å². The van der Waals surface area contributed by atoms with Crippen molar-refractivity contribution >= 4 is 34.6 Å². The van der Waals surface area contributed by atoms with Crippen LogP contribution in [0.2, 0.25) is 0 Å². The number of para-hydroxylation sites is 1. The fraction of sp³-hybridized carbons (Fsp3) is 0.0417. The smallest absolute Gasteiger partial charge is 0.271 e. The standard InChI is InChI=1S/C24H20N4O2/c1-16-6-4-7-17(12-16)23(29)27-20-9-5-8-18(13-20)24(30)28-26-15-19-14-25-22-11-3-2-10-21(19)22/h2-15,25H,1H3,(H,27,29)(H,28,30). The number of hydrazone groups is 1. The number of hydrogen-bond donors (Lipinski definition) is 3. The summed E-state index contributed by atoms with van der Waals surface area (Å²) in [6.07, 6.45) is 3.43. The Morgan fingerprint density at radius 3 is 2.50 bits per heavy atom. The van der Waals surface area contributed by atoms with Crippen molar-refractivity contribution < 1.29 is 9.59 Å². The molecule has 0 unspecified atom stereocenters. The van der Waals surface area contributed by atoms with Crippen molar-refractivity contribution in [3.63, 3.8) is 0 Å². The lowest BCUT2D eigenvalue weighted by Crippen LogP contribution is -2.18. The molecule has 4 rings (SSSR count). The van der Waals surface area contributed by atoms with Gasteiger partial charge in [-0.05, 0) is 43.3 Å². The Bertz CT molecular complexity index is 1260. The number of aromatic amines is 1. The molecule has 0 radical (unpaired) electrons. The van der Waals surface area contributed by atoms with E-state index >= 15 is 0 Å². The highest BCUT2D eigenvalue weighted by Crippen LogP contribution is 2.16. The van der Waals surface area contributed by atoms with Crippen LogP contribution in [0.25, 0.3) is 10.9 Å². The molecule has 0 saturated heterocycles. The first kappa shape index (κ1) is 19.1. The normalized spacial score (nSPS) is 11.0. The third-order valence-electron chi connectivity index (χ3n) is 4.65. The Hall–Kier alpha value is -4.19. The van der Waals surface area contributed by atoms with Crippen molar-refractivity contribution in [2.45, 2.75) is 6.92 Å². The minimum Gasteiger partial charge on any atom is -0.361 e. The number of nitrogens with one attached hydrogen (secondary N) is 3. The number of aryl methyl sites for hydroxylation is 1. The summed E-state index contributed by atoms with van der Waals surface area (Å²) in [6.45, 7) is 1.93. The van der Waals surface area contributed by atoms with E-state index in [1.807, 2.05) is 55.6 Å². The molecule has 0 aliphatic heterocycles. The molecule has 30 heavy (non-hydrogen) atoms. The topological polar surface area (TPSA) is 86.3 Å². The summed E-state index contributed by atoms with van der Waals surface area (Å²) < 4.78 is 0. The number of rotatable bonds is 5. The molecule has 6 heteroatoms. The van der Waals surface area contributed by atoms with Gasteiger partial charge in [-0.25, -0.2) is 5.43 Å². The van der Waals surface area contributed by atoms with Gasteiger partial charge in [0.15, 0.2) is 0 Å². The Labute approximate surface area is 173 Å². The number of nitrogens with zero attached hydrogens (tertiary/aromatic N) is 1. The summed E-state index contributed by atoms with van der Waals surface area (Å²) in [5.74, 6) is -0.591. The second-order valence-corrected chi connectivity index (χ2v) is 6.89. The molecule has 0 spiro atoms. The summed E-state index contributed by atoms with van der Waals surface area (Å²) in [6, 6.07) is 21.9. The number of anilines is 1. The van der Waals surface area contributed by atoms with Crippen molar-refractivity contribution in [2.24, 2.45) is 5.10 Å². The van der Waals surface area contributed by atoms with Gasteiger partial charge in [0.1, 0.15) is 0 Å². The lowest BCUT2D eigenvalue weighted by atomic mass is 10.1. The summed E-state index contributed by atoms with van der Waals surface area (Å²) in [5.41, 5.74) is 6.91. The highest BCUT2D eigenvalue weighted by molar-refractivity contribution is 6.05. The van der Waals surface area contributed by atoms with Gasteiger partial charge in [0, 0.05) is 39.5 Å². The Morgan fingerprint density at radius 1 is 0.900 bits per heavy atom. The van der Waals surface area contributed by atoms with Gasteiger partial charge < -0.3 is 10.3 Å². The second-order valence-electron chi connectivity index (χ2n) is 6.89. The molecule has 0 fully saturated rings. The van der Waals surface area contributed by atoms with E-state index in [0.717, 1.165) is 22.0 Å². The predicted octanol–water partition coefficient (Wildman–Crippen LogP) is 4.49. The molecule has 0 aliphatic carbocycles. The molecule has 3 aromatic carbocycles. The zero-order valence-electron chi connectivity index (χ0n) is 16.3. The molecular weight excluding hydrogens is 376 g/mol. The molecule has 2 amide bonds. The van der Waals surface area contributed by atoms with Gasteiger partial charge in [-0.3, -0.25) is 9.59 Å². The first-order chi connectivity index (χ1) is 14.6. The quantitative estimate of drug-likeness (QED) is 0.343. The molecule has 4 aromatic rings. The van der Waals surface area contributed by atoms with Crippen LogP contribution in [0.3, 0.4) is 0 Å². The third-order valence-corrected chi connectivity index (χ3v) is 4.65. The lowest BCUT2D eigenvalue weighted by Gasteiger charge is -2.07. The molecular formula is C24H20N4O2. The molecule has 148 valence electrons. The van der Waals surface area contributed by atoms with Crippen LogP contribution >= 0.6 is 0 Å². The second kappa shape index (κ2) is 8.45. The number of benzene rings is 3. The van der Waals surface area contributed by atoms with Crippen molar-refractivity contribution in [3.05, 3.63) is 101 Å². The van der Waals surface area contributed by atoms with E-state index < -0.39 is 0 Å². The monoisotopic (exact) mass is 396 g/mol. The van der Waals surface area contributed by atoms with Gasteiger partial charge in [-0.2, -0.15) is 5.10 Å². The zero-order chi connectivity index (χ0) is 20.9. The Morgan fingerprint density at radius 2 is 1.67 bits per heavy atom. The molecule has 6 nitrogen and oxygen atoms in total. The van der Waals surface area contributed by atoms with E-state index in [1.54, 1.807) is 36.5 Å². The van der Waals surface area contributed by atoms with Crippen LogP contribution in [-0.2, 0) is 0 Å². The predicted molar refractivity (Wildman–Crippen MR) is 119 cm³/mol. The summed E-state index contributed by atoms with van der Waals surface area (Å²) in [4.78, 5) is 28.0. The number of aromatic nitrogens is 1. The molecule has 0 bridgehead atoms. The first-order valence-corrected chi connectivity index (χ1v) is 9.48. The van der Waals surface area contributed by atoms with E-state index in [2.05, 4.69) is 20.8 Å². The zero-order valence-corrected chi connectivity index (χ0v) is 16.3. The van der Waals surface area contributed by atoms with Crippen LogP contribution < -0.4 is 10.7 Å². The SMILES string of the molecule is Cc1cccc(C(=O)Nc2cccc(C(=O)NN=Cc3c[nH]c4ccccc34)c2)c1. The lowest BCUT2D eigenvalue weighted by molar-refractivity contribution is 0.0953. The molecule has 1 aromatic heterocycles. The van der Waals surface area contributed by atoms with Gasteiger partial charge in [0.2, 0.25) is 0 Å². The van der Waals surface area contributed by atoms with Gasteiger partial charge in [-0.1, -0.05) is 42.0 Å². The third kappa shape index (κ3) is 4.28. The summed E-state index contributed by atoms with van der Waals surface area (Å²) in [5, 5.41) is 7.90. The van der Waals surface area contributed by atoms with E-state index in [9.17, 15) is 9.59 Å². The van der Waals surface area contributed by atoms with E-state index in [1.165, 1.54) is 0 Å². The molecule has 0 aliphatic rings. The van der Waals surface area contributed by atoms with Crippen LogP contribution in [0.1, 0.15) is 31.8 Å². The number of amides is 2. The molecule has 3 N–H and O–H groups in total. The Balaban J connectivity index is 1.43. The van der Waals surface area contributed by atoms with Crippen molar-refractivity contribution in [1.82, 2.24) is 10.4 Å². The molecule has 0 saturated carbocycles. The van der Waals surface area contributed by atoms with Crippen LogP contribution in [0.15, 0.2) is 84.1 Å². The van der Waals surface area contributed by atoms with E-state index in [-0.39, 0.29) is 11.8 Å². The average Bonchev–Trinajstić information content (AvgIpc) is 3.17. The van der Waals surface area contributed by atoms with Gasteiger partial charge in [0.05, 0.1) is 6.21 Å². The minimum absolute atomic E-state index is 0.228. The molecule has 1 heterocycles. The highest BCUT2D eigenvalue weighted by atomic mass is 16.2. The number of carbonyl (C=O) groups is 2. The number of hydrogen-bond acceptors (Lipinski definition) is 3. The van der Waals surface area contributed by atoms with Crippen molar-refractivity contribution in [3.8, 4) is 0 Å². The van der Waals surface area contributed by atoms with E-state index in [4.69, 9.17) is 0 Å². The first-order valence-electron chi connectivity index (χ1n) is 9.48. The van der Waals surface area contributed by atoms with E-state index in [0.29, 0.717) is 16.8 Å². The van der Waals surface area contributed by atoms with Crippen molar-refractivity contribution in [2.75, 3.05) is 5.32 Å². The maximum absolute atomic E-state index is 12.4. The summed E-state index contributed by atoms with van der Waals surface area (Å²) in [7, 11) is 0. The van der Waals surface area contributed by atoms with Gasteiger partial charge in [-0.15, -0.1) is 0 Å². The average molecular weight is 396 g/mol.